The molecule has 2 N–H and O–H groups in total. The Kier molecular flexibility index (Phi) is 5.87. The monoisotopic (exact) mass is 303 g/mol. The van der Waals surface area contributed by atoms with Crippen molar-refractivity contribution < 1.29 is 13.2 Å². The van der Waals surface area contributed by atoms with Gasteiger partial charge in [-0.25, -0.2) is 8.42 Å². The first-order valence-corrected chi connectivity index (χ1v) is 9.98. The molecule has 4 nitrogen and oxygen atoms in total. The third-order valence-corrected chi connectivity index (χ3v) is 6.61. The molecule has 1 saturated heterocycles. The van der Waals surface area contributed by atoms with Gasteiger partial charge in [-0.1, -0.05) is 6.42 Å². The fourth-order valence-corrected chi connectivity index (χ4v) is 4.80. The maximum atomic E-state index is 11.7. The van der Waals surface area contributed by atoms with Gasteiger partial charge in [-0.2, -0.15) is 0 Å². The van der Waals surface area contributed by atoms with Crippen molar-refractivity contribution in [2.24, 2.45) is 11.7 Å². The van der Waals surface area contributed by atoms with Gasteiger partial charge in [-0.3, -0.25) is 0 Å². The molecular formula is C15H29NO3S. The van der Waals surface area contributed by atoms with E-state index in [1.54, 1.807) is 0 Å². The summed E-state index contributed by atoms with van der Waals surface area (Å²) in [6.45, 7) is 0.888. The topological polar surface area (TPSA) is 69.4 Å². The SMILES string of the molecule is CS(=O)(=O)C1CCCC(C(N)CCC2CCCCO2)C1. The lowest BCUT2D eigenvalue weighted by atomic mass is 9.82. The molecule has 5 heteroatoms. The lowest BCUT2D eigenvalue weighted by molar-refractivity contribution is 0.00795. The Hall–Kier alpha value is -0.130. The van der Waals surface area contributed by atoms with Gasteiger partial charge in [0.15, 0.2) is 0 Å². The van der Waals surface area contributed by atoms with Gasteiger partial charge >= 0.3 is 0 Å². The second kappa shape index (κ2) is 7.23. The maximum absolute atomic E-state index is 11.7. The summed E-state index contributed by atoms with van der Waals surface area (Å²) >= 11 is 0. The molecule has 118 valence electrons. The van der Waals surface area contributed by atoms with E-state index >= 15 is 0 Å². The zero-order valence-electron chi connectivity index (χ0n) is 12.6. The minimum Gasteiger partial charge on any atom is -0.378 e. The van der Waals surface area contributed by atoms with Gasteiger partial charge in [-0.15, -0.1) is 0 Å². The first-order valence-electron chi connectivity index (χ1n) is 8.03. The summed E-state index contributed by atoms with van der Waals surface area (Å²) in [5, 5.41) is -0.168. The first-order chi connectivity index (χ1) is 9.47. The minimum atomic E-state index is -2.91. The molecule has 0 spiro atoms. The highest BCUT2D eigenvalue weighted by atomic mass is 32.2. The average molecular weight is 303 g/mol. The molecule has 2 fully saturated rings. The number of sulfone groups is 1. The summed E-state index contributed by atoms with van der Waals surface area (Å²) < 4.78 is 29.1. The van der Waals surface area contributed by atoms with E-state index < -0.39 is 9.84 Å². The van der Waals surface area contributed by atoms with E-state index in [1.807, 2.05) is 0 Å². The molecule has 0 aromatic carbocycles. The highest BCUT2D eigenvalue weighted by Crippen LogP contribution is 2.31. The van der Waals surface area contributed by atoms with Crippen molar-refractivity contribution >= 4 is 9.84 Å². The molecule has 0 radical (unpaired) electrons. The van der Waals surface area contributed by atoms with Gasteiger partial charge in [0.05, 0.1) is 11.4 Å². The zero-order chi connectivity index (χ0) is 14.6. The van der Waals surface area contributed by atoms with Crippen LogP contribution in [0, 0.1) is 5.92 Å². The predicted octanol–water partition coefficient (Wildman–Crippen LogP) is 2.27. The summed E-state index contributed by atoms with van der Waals surface area (Å²) in [5.74, 6) is 0.368. The normalized spacial score (nSPS) is 33.8. The highest BCUT2D eigenvalue weighted by Gasteiger charge is 2.31. The molecule has 0 amide bonds. The van der Waals surface area contributed by atoms with Crippen molar-refractivity contribution in [3.63, 3.8) is 0 Å². The van der Waals surface area contributed by atoms with Crippen LogP contribution >= 0.6 is 0 Å². The number of hydrogen-bond donors (Lipinski definition) is 1. The van der Waals surface area contributed by atoms with Crippen molar-refractivity contribution in [3.05, 3.63) is 0 Å². The molecule has 1 aliphatic carbocycles. The summed E-state index contributed by atoms with van der Waals surface area (Å²) in [7, 11) is -2.91. The molecule has 0 aromatic heterocycles. The third kappa shape index (κ3) is 4.71. The van der Waals surface area contributed by atoms with Gasteiger partial charge in [0.1, 0.15) is 9.84 Å². The van der Waals surface area contributed by atoms with Gasteiger partial charge in [-0.05, 0) is 57.3 Å². The standard InChI is InChI=1S/C15H29NO3S/c1-20(17,18)14-7-4-5-12(11-14)15(16)9-8-13-6-2-3-10-19-13/h12-15H,2-11,16H2,1H3. The van der Waals surface area contributed by atoms with E-state index in [9.17, 15) is 8.42 Å². The maximum Gasteiger partial charge on any atom is 0.150 e. The molecule has 1 saturated carbocycles. The fraction of sp³-hybridized carbons (Fsp3) is 1.00. The van der Waals surface area contributed by atoms with Crippen LogP contribution < -0.4 is 5.73 Å². The summed E-state index contributed by atoms with van der Waals surface area (Å²) in [6.07, 6.45) is 11.0. The summed E-state index contributed by atoms with van der Waals surface area (Å²) in [5.41, 5.74) is 6.32. The third-order valence-electron chi connectivity index (χ3n) is 4.97. The lowest BCUT2D eigenvalue weighted by Gasteiger charge is -2.33. The van der Waals surface area contributed by atoms with Crippen LogP contribution in [0.25, 0.3) is 0 Å². The first kappa shape index (κ1) is 16.2. The molecule has 2 aliphatic rings. The van der Waals surface area contributed by atoms with E-state index in [2.05, 4.69) is 0 Å². The number of ether oxygens (including phenoxy) is 1. The molecular weight excluding hydrogens is 274 g/mol. The highest BCUT2D eigenvalue weighted by molar-refractivity contribution is 7.91. The Balaban J connectivity index is 1.78. The van der Waals surface area contributed by atoms with E-state index in [-0.39, 0.29) is 11.3 Å². The van der Waals surface area contributed by atoms with E-state index in [0.29, 0.717) is 12.0 Å². The van der Waals surface area contributed by atoms with E-state index in [0.717, 1.165) is 51.6 Å². The molecule has 0 bridgehead atoms. The van der Waals surface area contributed by atoms with Crippen molar-refractivity contribution in [1.82, 2.24) is 0 Å². The van der Waals surface area contributed by atoms with Gasteiger partial charge < -0.3 is 10.5 Å². The van der Waals surface area contributed by atoms with Crippen LogP contribution in [0.4, 0.5) is 0 Å². The van der Waals surface area contributed by atoms with Crippen molar-refractivity contribution in [3.8, 4) is 0 Å². The molecule has 1 aliphatic heterocycles. The Morgan fingerprint density at radius 1 is 1.20 bits per heavy atom. The zero-order valence-corrected chi connectivity index (χ0v) is 13.4. The fourth-order valence-electron chi connectivity index (χ4n) is 3.61. The Labute approximate surface area is 123 Å². The van der Waals surface area contributed by atoms with Crippen LogP contribution in [0.1, 0.15) is 57.8 Å². The summed E-state index contributed by atoms with van der Waals surface area (Å²) in [6, 6.07) is 0.130. The van der Waals surface area contributed by atoms with Crippen LogP contribution in [-0.4, -0.2) is 38.7 Å². The van der Waals surface area contributed by atoms with Crippen LogP contribution in [-0.2, 0) is 14.6 Å². The molecule has 4 unspecified atom stereocenters. The smallest absolute Gasteiger partial charge is 0.150 e. The Morgan fingerprint density at radius 2 is 2.00 bits per heavy atom. The second-order valence-corrected chi connectivity index (χ2v) is 8.93. The summed E-state index contributed by atoms with van der Waals surface area (Å²) in [4.78, 5) is 0. The number of nitrogens with two attached hydrogens (primary N) is 1. The molecule has 2 rings (SSSR count). The van der Waals surface area contributed by atoms with Crippen LogP contribution in [0.3, 0.4) is 0 Å². The van der Waals surface area contributed by atoms with Crippen molar-refractivity contribution in [1.29, 1.82) is 0 Å². The van der Waals surface area contributed by atoms with Crippen molar-refractivity contribution in [2.75, 3.05) is 12.9 Å². The molecule has 0 aromatic rings. The predicted molar refractivity (Wildman–Crippen MR) is 81.4 cm³/mol. The number of rotatable bonds is 5. The molecule has 4 atom stereocenters. The van der Waals surface area contributed by atoms with Gasteiger partial charge in [0, 0.05) is 18.9 Å². The van der Waals surface area contributed by atoms with Crippen LogP contribution in [0.15, 0.2) is 0 Å². The average Bonchev–Trinajstić information content (AvgIpc) is 2.45. The van der Waals surface area contributed by atoms with Gasteiger partial charge in [0.25, 0.3) is 0 Å². The largest absolute Gasteiger partial charge is 0.378 e. The van der Waals surface area contributed by atoms with E-state index in [4.69, 9.17) is 10.5 Å². The van der Waals surface area contributed by atoms with Crippen LogP contribution in [0.2, 0.25) is 0 Å². The van der Waals surface area contributed by atoms with Crippen molar-refractivity contribution in [2.45, 2.75) is 75.2 Å². The quantitative estimate of drug-likeness (QED) is 0.846. The van der Waals surface area contributed by atoms with Crippen LogP contribution in [0.5, 0.6) is 0 Å². The number of hydrogen-bond acceptors (Lipinski definition) is 4. The molecule has 20 heavy (non-hydrogen) atoms. The lowest BCUT2D eigenvalue weighted by Crippen LogP contribution is -2.38. The molecule has 1 heterocycles. The Morgan fingerprint density at radius 3 is 2.65 bits per heavy atom. The van der Waals surface area contributed by atoms with Gasteiger partial charge in [0.2, 0.25) is 0 Å². The second-order valence-electron chi connectivity index (χ2n) is 6.61. The Bertz CT molecular complexity index is 390. The minimum absolute atomic E-state index is 0.130. The van der Waals surface area contributed by atoms with E-state index in [1.165, 1.54) is 19.1 Å².